The van der Waals surface area contributed by atoms with Crippen molar-refractivity contribution in [1.82, 2.24) is 5.32 Å². The molecule has 0 bridgehead atoms. The van der Waals surface area contributed by atoms with Gasteiger partial charge in [0.2, 0.25) is 0 Å². The van der Waals surface area contributed by atoms with E-state index in [0.29, 0.717) is 0 Å². The molecular formula is C14H21NO. The van der Waals surface area contributed by atoms with E-state index in [9.17, 15) is 0 Å². The predicted octanol–water partition coefficient (Wildman–Crippen LogP) is 2.38. The van der Waals surface area contributed by atoms with Crippen LogP contribution in [0.5, 0.6) is 5.75 Å². The fourth-order valence-electron chi connectivity index (χ4n) is 2.42. The first-order valence-electron chi connectivity index (χ1n) is 5.98. The van der Waals surface area contributed by atoms with Gasteiger partial charge in [-0.3, -0.25) is 0 Å². The highest BCUT2D eigenvalue weighted by Crippen LogP contribution is 2.31. The zero-order chi connectivity index (χ0) is 11.7. The van der Waals surface area contributed by atoms with Crippen LogP contribution in [0.4, 0.5) is 0 Å². The van der Waals surface area contributed by atoms with Crippen molar-refractivity contribution in [2.24, 2.45) is 5.92 Å². The summed E-state index contributed by atoms with van der Waals surface area (Å²) in [4.78, 5) is 0. The summed E-state index contributed by atoms with van der Waals surface area (Å²) in [6.07, 6.45) is 1.14. The fourth-order valence-corrected chi connectivity index (χ4v) is 2.42. The van der Waals surface area contributed by atoms with Crippen molar-refractivity contribution < 1.29 is 4.74 Å². The second-order valence-electron chi connectivity index (χ2n) is 4.88. The van der Waals surface area contributed by atoms with E-state index in [1.165, 1.54) is 22.3 Å². The first-order chi connectivity index (χ1) is 7.63. The Morgan fingerprint density at radius 3 is 2.44 bits per heavy atom. The van der Waals surface area contributed by atoms with Crippen LogP contribution in [0, 0.1) is 26.7 Å². The lowest BCUT2D eigenvalue weighted by Crippen LogP contribution is -2.43. The van der Waals surface area contributed by atoms with Crippen molar-refractivity contribution in [1.29, 1.82) is 0 Å². The normalized spacial score (nSPS) is 16.0. The van der Waals surface area contributed by atoms with Gasteiger partial charge < -0.3 is 10.1 Å². The molecule has 88 valence electrons. The first kappa shape index (κ1) is 11.5. The Hall–Kier alpha value is -1.02. The second kappa shape index (κ2) is 4.46. The maximum Gasteiger partial charge on any atom is 0.125 e. The van der Waals surface area contributed by atoms with Gasteiger partial charge in [0.05, 0.1) is 7.11 Å². The third-order valence-corrected chi connectivity index (χ3v) is 3.68. The van der Waals surface area contributed by atoms with Crippen LogP contribution < -0.4 is 10.1 Å². The van der Waals surface area contributed by atoms with E-state index >= 15 is 0 Å². The molecule has 0 radical (unpaired) electrons. The maximum atomic E-state index is 5.59. The fraction of sp³-hybridized carbons (Fsp3) is 0.571. The molecule has 2 rings (SSSR count). The van der Waals surface area contributed by atoms with Crippen LogP contribution in [0.1, 0.15) is 22.3 Å². The standard InChI is InChI=1S/C14H21NO/c1-9-5-10(2)13(6-12-7-15-8-12)14(16-4)11(9)3/h5,12,15H,6-8H2,1-4H3. The quantitative estimate of drug-likeness (QED) is 0.842. The van der Waals surface area contributed by atoms with Gasteiger partial charge in [-0.05, 0) is 68.5 Å². The molecule has 1 aromatic rings. The molecule has 1 saturated heterocycles. The zero-order valence-electron chi connectivity index (χ0n) is 10.7. The molecule has 0 saturated carbocycles. The van der Waals surface area contributed by atoms with Gasteiger partial charge in [-0.15, -0.1) is 0 Å². The third-order valence-electron chi connectivity index (χ3n) is 3.68. The molecule has 1 aliphatic rings. The number of methoxy groups -OCH3 is 1. The highest BCUT2D eigenvalue weighted by molar-refractivity contribution is 5.50. The Kier molecular flexibility index (Phi) is 3.20. The SMILES string of the molecule is COc1c(C)c(C)cc(C)c1CC1CNC1. The Morgan fingerprint density at radius 1 is 1.25 bits per heavy atom. The molecular weight excluding hydrogens is 198 g/mol. The van der Waals surface area contributed by atoms with Crippen molar-refractivity contribution in [3.05, 3.63) is 28.3 Å². The van der Waals surface area contributed by atoms with Gasteiger partial charge in [-0.25, -0.2) is 0 Å². The molecule has 0 aliphatic carbocycles. The summed E-state index contributed by atoms with van der Waals surface area (Å²) in [7, 11) is 1.78. The maximum absolute atomic E-state index is 5.59. The van der Waals surface area contributed by atoms with Gasteiger partial charge in [0, 0.05) is 0 Å². The summed E-state index contributed by atoms with van der Waals surface area (Å²) in [5, 5.41) is 3.32. The number of ether oxygens (including phenoxy) is 1. The summed E-state index contributed by atoms with van der Waals surface area (Å²) < 4.78 is 5.59. The van der Waals surface area contributed by atoms with E-state index in [1.54, 1.807) is 7.11 Å². The van der Waals surface area contributed by atoms with Crippen LogP contribution in [0.2, 0.25) is 0 Å². The highest BCUT2D eigenvalue weighted by Gasteiger charge is 2.21. The van der Waals surface area contributed by atoms with Gasteiger partial charge in [0.1, 0.15) is 5.75 Å². The van der Waals surface area contributed by atoms with Crippen molar-refractivity contribution in [2.45, 2.75) is 27.2 Å². The number of aryl methyl sites for hydroxylation is 2. The van der Waals surface area contributed by atoms with Crippen LogP contribution >= 0.6 is 0 Å². The molecule has 1 fully saturated rings. The van der Waals surface area contributed by atoms with Gasteiger partial charge in [0.25, 0.3) is 0 Å². The summed E-state index contributed by atoms with van der Waals surface area (Å²) in [6.45, 7) is 8.79. The average molecular weight is 219 g/mol. The third kappa shape index (κ3) is 1.94. The number of hydrogen-bond acceptors (Lipinski definition) is 2. The van der Waals surface area contributed by atoms with E-state index in [4.69, 9.17) is 4.74 Å². The number of rotatable bonds is 3. The molecule has 1 N–H and O–H groups in total. The predicted molar refractivity (Wildman–Crippen MR) is 67.3 cm³/mol. The van der Waals surface area contributed by atoms with Gasteiger partial charge in [0.15, 0.2) is 0 Å². The van der Waals surface area contributed by atoms with Crippen molar-refractivity contribution in [3.8, 4) is 5.75 Å². The summed E-state index contributed by atoms with van der Waals surface area (Å²) in [6, 6.07) is 2.28. The molecule has 0 amide bonds. The molecule has 0 atom stereocenters. The molecule has 2 nitrogen and oxygen atoms in total. The largest absolute Gasteiger partial charge is 0.496 e. The van der Waals surface area contributed by atoms with E-state index in [0.717, 1.165) is 31.2 Å². The minimum absolute atomic E-state index is 0.787. The number of benzene rings is 1. The zero-order valence-corrected chi connectivity index (χ0v) is 10.7. The number of nitrogens with one attached hydrogen (secondary N) is 1. The van der Waals surface area contributed by atoms with Gasteiger partial charge >= 0.3 is 0 Å². The topological polar surface area (TPSA) is 21.3 Å². The molecule has 0 unspecified atom stereocenters. The number of hydrogen-bond donors (Lipinski definition) is 1. The molecule has 1 aliphatic heterocycles. The first-order valence-corrected chi connectivity index (χ1v) is 5.98. The summed E-state index contributed by atoms with van der Waals surface area (Å²) in [5.41, 5.74) is 5.38. The minimum Gasteiger partial charge on any atom is -0.496 e. The van der Waals surface area contributed by atoms with Crippen molar-refractivity contribution >= 4 is 0 Å². The summed E-state index contributed by atoms with van der Waals surface area (Å²) in [5.74, 6) is 1.89. The second-order valence-corrected chi connectivity index (χ2v) is 4.88. The van der Waals surface area contributed by atoms with E-state index in [-0.39, 0.29) is 0 Å². The monoisotopic (exact) mass is 219 g/mol. The lowest BCUT2D eigenvalue weighted by atomic mass is 9.89. The Morgan fingerprint density at radius 2 is 1.94 bits per heavy atom. The molecule has 2 heteroatoms. The van der Waals surface area contributed by atoms with Crippen molar-refractivity contribution in [2.75, 3.05) is 20.2 Å². The molecule has 0 spiro atoms. The smallest absolute Gasteiger partial charge is 0.125 e. The van der Waals surface area contributed by atoms with Crippen LogP contribution in [-0.4, -0.2) is 20.2 Å². The Labute approximate surface area is 98.0 Å². The van der Waals surface area contributed by atoms with Gasteiger partial charge in [-0.1, -0.05) is 6.07 Å². The average Bonchev–Trinajstić information content (AvgIpc) is 2.18. The molecule has 1 heterocycles. The highest BCUT2D eigenvalue weighted by atomic mass is 16.5. The van der Waals surface area contributed by atoms with Crippen LogP contribution in [-0.2, 0) is 6.42 Å². The van der Waals surface area contributed by atoms with Crippen LogP contribution in [0.25, 0.3) is 0 Å². The van der Waals surface area contributed by atoms with Gasteiger partial charge in [-0.2, -0.15) is 0 Å². The molecule has 0 aromatic heterocycles. The van der Waals surface area contributed by atoms with Crippen molar-refractivity contribution in [3.63, 3.8) is 0 Å². The van der Waals surface area contributed by atoms with E-state index < -0.39 is 0 Å². The van der Waals surface area contributed by atoms with E-state index in [1.807, 2.05) is 0 Å². The molecule has 16 heavy (non-hydrogen) atoms. The lowest BCUT2D eigenvalue weighted by Gasteiger charge is -2.29. The van der Waals surface area contributed by atoms with E-state index in [2.05, 4.69) is 32.2 Å². The lowest BCUT2D eigenvalue weighted by molar-refractivity contribution is 0.337. The van der Waals surface area contributed by atoms with Crippen LogP contribution in [0.15, 0.2) is 6.07 Å². The Bertz CT molecular complexity index is 394. The summed E-state index contributed by atoms with van der Waals surface area (Å²) >= 11 is 0. The Balaban J connectivity index is 2.36. The van der Waals surface area contributed by atoms with Crippen LogP contribution in [0.3, 0.4) is 0 Å². The molecule has 1 aromatic carbocycles. The minimum atomic E-state index is 0.787.